The number of carboxylic acid groups (broad SMARTS) is 1. The predicted octanol–water partition coefficient (Wildman–Crippen LogP) is 1.90. The number of nitrogens with zero attached hydrogens (tertiary/aromatic N) is 2. The van der Waals surface area contributed by atoms with Crippen molar-refractivity contribution < 1.29 is 32.7 Å². The molecular formula is C8H5F3N2O5. The largest absolute Gasteiger partial charge is 0.573 e. The molecule has 0 aliphatic heterocycles. The van der Waals surface area contributed by atoms with Gasteiger partial charge in [-0.15, -0.1) is 13.2 Å². The molecule has 0 unspecified atom stereocenters. The molecule has 18 heavy (non-hydrogen) atoms. The van der Waals surface area contributed by atoms with Crippen molar-refractivity contribution in [2.24, 2.45) is 0 Å². The van der Waals surface area contributed by atoms with E-state index in [9.17, 15) is 28.1 Å². The standard InChI is InChI=1S/C8H5F3N2O5/c1-3-5(18-8(9,10)11)2-4(7(14)15)12-6(3)13(16)17/h2H,1H3,(H,14,15). The lowest BCUT2D eigenvalue weighted by molar-refractivity contribution is -0.390. The number of rotatable bonds is 3. The fourth-order valence-electron chi connectivity index (χ4n) is 1.09. The quantitative estimate of drug-likeness (QED) is 0.662. The molecule has 1 N–H and O–H groups in total. The van der Waals surface area contributed by atoms with Crippen molar-refractivity contribution in [2.45, 2.75) is 13.3 Å². The first-order valence-electron chi connectivity index (χ1n) is 4.27. The number of ether oxygens (including phenoxy) is 1. The number of carbonyl (C=O) groups is 1. The van der Waals surface area contributed by atoms with Gasteiger partial charge in [0.25, 0.3) is 5.69 Å². The number of hydrogen-bond donors (Lipinski definition) is 1. The fourth-order valence-corrected chi connectivity index (χ4v) is 1.09. The van der Waals surface area contributed by atoms with E-state index in [-0.39, 0.29) is 0 Å². The number of halogens is 3. The van der Waals surface area contributed by atoms with Crippen molar-refractivity contribution in [1.29, 1.82) is 0 Å². The third-order valence-electron chi connectivity index (χ3n) is 1.82. The van der Waals surface area contributed by atoms with E-state index in [1.54, 1.807) is 0 Å². The number of alkyl halides is 3. The van der Waals surface area contributed by atoms with Crippen molar-refractivity contribution in [1.82, 2.24) is 4.98 Å². The second kappa shape index (κ2) is 4.47. The third kappa shape index (κ3) is 3.06. The normalized spacial score (nSPS) is 11.1. The molecular weight excluding hydrogens is 261 g/mol. The first-order valence-corrected chi connectivity index (χ1v) is 4.27. The minimum atomic E-state index is -5.09. The molecule has 0 aromatic carbocycles. The Hall–Kier alpha value is -2.39. The van der Waals surface area contributed by atoms with Gasteiger partial charge in [0.05, 0.1) is 5.56 Å². The summed E-state index contributed by atoms with van der Waals surface area (Å²) in [6.45, 7) is 0.970. The Labute approximate surface area is 97.0 Å². The topological polar surface area (TPSA) is 103 Å². The minimum Gasteiger partial charge on any atom is -0.475 e. The average molecular weight is 266 g/mol. The Bertz CT molecular complexity index is 514. The summed E-state index contributed by atoms with van der Waals surface area (Å²) in [5.41, 5.74) is -1.42. The van der Waals surface area contributed by atoms with Gasteiger partial charge in [-0.2, -0.15) is 0 Å². The molecule has 0 saturated heterocycles. The maximum atomic E-state index is 12.0. The van der Waals surface area contributed by atoms with E-state index in [1.165, 1.54) is 0 Å². The monoisotopic (exact) mass is 266 g/mol. The highest BCUT2D eigenvalue weighted by molar-refractivity contribution is 5.86. The zero-order valence-electron chi connectivity index (χ0n) is 8.69. The molecule has 1 heterocycles. The van der Waals surface area contributed by atoms with Crippen LogP contribution >= 0.6 is 0 Å². The van der Waals surface area contributed by atoms with Crippen LogP contribution in [0.4, 0.5) is 19.0 Å². The first kappa shape index (κ1) is 13.7. The van der Waals surface area contributed by atoms with E-state index >= 15 is 0 Å². The molecule has 0 radical (unpaired) electrons. The number of aromatic carboxylic acids is 1. The van der Waals surface area contributed by atoms with E-state index in [0.29, 0.717) is 6.07 Å². The molecule has 10 heteroatoms. The van der Waals surface area contributed by atoms with Crippen molar-refractivity contribution >= 4 is 11.8 Å². The summed E-state index contributed by atoms with van der Waals surface area (Å²) in [6.07, 6.45) is -5.09. The van der Waals surface area contributed by atoms with Gasteiger partial charge in [-0.3, -0.25) is 0 Å². The molecule has 0 atom stereocenters. The Morgan fingerprint density at radius 1 is 1.56 bits per heavy atom. The lowest BCUT2D eigenvalue weighted by atomic mass is 10.2. The van der Waals surface area contributed by atoms with E-state index in [4.69, 9.17) is 5.11 Å². The Morgan fingerprint density at radius 3 is 2.50 bits per heavy atom. The molecule has 1 aromatic heterocycles. The summed E-state index contributed by atoms with van der Waals surface area (Å²) in [5.74, 6) is -3.68. The maximum Gasteiger partial charge on any atom is 0.573 e. The van der Waals surface area contributed by atoms with E-state index in [2.05, 4.69) is 9.72 Å². The zero-order chi connectivity index (χ0) is 14.1. The van der Waals surface area contributed by atoms with Crippen molar-refractivity contribution in [3.8, 4) is 5.75 Å². The molecule has 0 aliphatic rings. The van der Waals surface area contributed by atoms with Gasteiger partial charge in [-0.05, 0) is 16.8 Å². The van der Waals surface area contributed by atoms with Crippen LogP contribution in [-0.4, -0.2) is 27.3 Å². The zero-order valence-corrected chi connectivity index (χ0v) is 8.69. The van der Waals surface area contributed by atoms with Crippen LogP contribution in [0.1, 0.15) is 16.1 Å². The predicted molar refractivity (Wildman–Crippen MR) is 49.3 cm³/mol. The molecule has 0 fully saturated rings. The van der Waals surface area contributed by atoms with E-state index in [1.807, 2.05) is 0 Å². The van der Waals surface area contributed by atoms with Gasteiger partial charge in [0.1, 0.15) is 5.75 Å². The van der Waals surface area contributed by atoms with Crippen LogP contribution < -0.4 is 4.74 Å². The second-order valence-electron chi connectivity index (χ2n) is 3.06. The SMILES string of the molecule is Cc1c(OC(F)(F)F)cc(C(=O)O)nc1[N+](=O)[O-]. The Balaban J connectivity index is 3.40. The lowest BCUT2D eigenvalue weighted by Gasteiger charge is -2.10. The summed E-state index contributed by atoms with van der Waals surface area (Å²) in [7, 11) is 0. The lowest BCUT2D eigenvalue weighted by Crippen LogP contribution is -2.19. The van der Waals surface area contributed by atoms with Crippen LogP contribution in [0.25, 0.3) is 0 Å². The Morgan fingerprint density at radius 2 is 2.11 bits per heavy atom. The smallest absolute Gasteiger partial charge is 0.475 e. The molecule has 1 rings (SSSR count). The maximum absolute atomic E-state index is 12.0. The number of hydrogen-bond acceptors (Lipinski definition) is 5. The first-order chi connectivity index (χ1) is 8.11. The van der Waals surface area contributed by atoms with E-state index in [0.717, 1.165) is 6.92 Å². The van der Waals surface area contributed by atoms with Crippen molar-refractivity contribution in [3.63, 3.8) is 0 Å². The highest BCUT2D eigenvalue weighted by atomic mass is 19.4. The van der Waals surface area contributed by atoms with Crippen LogP contribution in [0, 0.1) is 17.0 Å². The Kier molecular flexibility index (Phi) is 3.39. The summed E-state index contributed by atoms with van der Waals surface area (Å²) in [5, 5.41) is 19.1. The van der Waals surface area contributed by atoms with Crippen LogP contribution in [0.3, 0.4) is 0 Å². The number of pyridine rings is 1. The van der Waals surface area contributed by atoms with Crippen molar-refractivity contribution in [3.05, 3.63) is 27.4 Å². The van der Waals surface area contributed by atoms with Gasteiger partial charge in [-0.25, -0.2) is 4.79 Å². The van der Waals surface area contributed by atoms with Crippen LogP contribution in [0.2, 0.25) is 0 Å². The molecule has 7 nitrogen and oxygen atoms in total. The fraction of sp³-hybridized carbons (Fsp3) is 0.250. The van der Waals surface area contributed by atoms with Gasteiger partial charge in [0, 0.05) is 6.07 Å². The second-order valence-corrected chi connectivity index (χ2v) is 3.06. The molecule has 98 valence electrons. The van der Waals surface area contributed by atoms with Crippen LogP contribution in [0.15, 0.2) is 6.07 Å². The summed E-state index contributed by atoms with van der Waals surface area (Å²) >= 11 is 0. The average Bonchev–Trinajstić information content (AvgIpc) is 2.18. The highest BCUT2D eigenvalue weighted by Gasteiger charge is 2.34. The van der Waals surface area contributed by atoms with E-state index < -0.39 is 40.1 Å². The summed E-state index contributed by atoms with van der Waals surface area (Å²) < 4.78 is 39.6. The molecule has 0 aliphatic carbocycles. The van der Waals surface area contributed by atoms with Gasteiger partial charge in [0.2, 0.25) is 0 Å². The molecule has 0 bridgehead atoms. The molecule has 0 spiro atoms. The third-order valence-corrected chi connectivity index (χ3v) is 1.82. The number of nitro groups is 1. The van der Waals surface area contributed by atoms with Gasteiger partial charge in [0.15, 0.2) is 0 Å². The van der Waals surface area contributed by atoms with Gasteiger partial charge in [-0.1, -0.05) is 0 Å². The summed E-state index contributed by atoms with van der Waals surface area (Å²) in [4.78, 5) is 23.1. The molecule has 0 saturated carbocycles. The molecule has 0 amide bonds. The minimum absolute atomic E-state index is 0.470. The number of carboxylic acids is 1. The van der Waals surface area contributed by atoms with Gasteiger partial charge < -0.3 is 20.0 Å². The highest BCUT2D eigenvalue weighted by Crippen LogP contribution is 2.31. The van der Waals surface area contributed by atoms with Gasteiger partial charge >= 0.3 is 18.1 Å². The van der Waals surface area contributed by atoms with Crippen LogP contribution in [0.5, 0.6) is 5.75 Å². The van der Waals surface area contributed by atoms with Crippen LogP contribution in [-0.2, 0) is 0 Å². The summed E-state index contributed by atoms with van der Waals surface area (Å²) in [6, 6.07) is 0.470. The van der Waals surface area contributed by atoms with Crippen molar-refractivity contribution in [2.75, 3.05) is 0 Å². The molecule has 1 aromatic rings. The number of aromatic nitrogens is 1.